The Kier molecular flexibility index (Phi) is 5.99. The van der Waals surface area contributed by atoms with Crippen molar-refractivity contribution in [2.75, 3.05) is 0 Å². The van der Waals surface area contributed by atoms with E-state index in [2.05, 4.69) is 31.4 Å². The topological polar surface area (TPSA) is 91.6 Å². The van der Waals surface area contributed by atoms with E-state index in [1.807, 2.05) is 30.3 Å². The molecule has 0 atom stereocenters. The minimum atomic E-state index is -0.920. The van der Waals surface area contributed by atoms with E-state index in [-0.39, 0.29) is 12.8 Å². The van der Waals surface area contributed by atoms with Gasteiger partial charge in [0.25, 0.3) is 5.91 Å². The maximum atomic E-state index is 12.1. The third kappa shape index (κ3) is 5.30. The van der Waals surface area contributed by atoms with E-state index in [0.29, 0.717) is 15.7 Å². The number of nitrogens with one attached hydrogen (secondary N) is 1. The zero-order valence-corrected chi connectivity index (χ0v) is 13.7. The number of carboxylic acid groups (broad SMARTS) is 1. The molecular weight excluding hydrogens is 362 g/mol. The summed E-state index contributed by atoms with van der Waals surface area (Å²) in [4.78, 5) is 26.8. The van der Waals surface area contributed by atoms with Crippen LogP contribution in [0, 0.1) is 0 Å². The third-order valence-electron chi connectivity index (χ3n) is 2.94. The number of amides is 1. The fourth-order valence-corrected chi connectivity index (χ4v) is 2.20. The van der Waals surface area contributed by atoms with Crippen molar-refractivity contribution in [3.8, 4) is 0 Å². The number of hydrazone groups is 1. The molecule has 6 nitrogen and oxygen atoms in total. The predicted octanol–water partition coefficient (Wildman–Crippen LogP) is 2.84. The molecule has 0 saturated heterocycles. The van der Waals surface area contributed by atoms with Crippen LogP contribution in [0.5, 0.6) is 0 Å². The zero-order valence-electron chi connectivity index (χ0n) is 12.1. The number of rotatable bonds is 6. The predicted molar refractivity (Wildman–Crippen MR) is 89.3 cm³/mol. The first kappa shape index (κ1) is 16.8. The Morgan fingerprint density at radius 2 is 1.87 bits per heavy atom. The Labute approximate surface area is 141 Å². The summed E-state index contributed by atoms with van der Waals surface area (Å²) in [6.07, 6.45) is 3.15. The third-order valence-corrected chi connectivity index (χ3v) is 3.38. The van der Waals surface area contributed by atoms with Crippen molar-refractivity contribution < 1.29 is 14.7 Å². The smallest absolute Gasteiger partial charge is 0.303 e. The highest BCUT2D eigenvalue weighted by Gasteiger charge is 2.09. The second-order valence-electron chi connectivity index (χ2n) is 4.65. The Bertz CT molecular complexity index is 732. The van der Waals surface area contributed by atoms with Gasteiger partial charge in [0.1, 0.15) is 0 Å². The molecule has 0 aliphatic heterocycles. The van der Waals surface area contributed by atoms with Gasteiger partial charge in [-0.25, -0.2) is 5.43 Å². The van der Waals surface area contributed by atoms with Gasteiger partial charge in [0.2, 0.25) is 0 Å². The summed E-state index contributed by atoms with van der Waals surface area (Å²) in [5, 5.41) is 12.9. The van der Waals surface area contributed by atoms with Crippen LogP contribution in [0.3, 0.4) is 0 Å². The molecule has 0 spiro atoms. The molecule has 23 heavy (non-hydrogen) atoms. The van der Waals surface area contributed by atoms with Gasteiger partial charge in [-0.3, -0.25) is 14.6 Å². The molecule has 2 N–H and O–H groups in total. The molecule has 0 radical (unpaired) electrons. The highest BCUT2D eigenvalue weighted by atomic mass is 79.9. The van der Waals surface area contributed by atoms with Crippen LogP contribution in [0.1, 0.15) is 28.8 Å². The molecule has 0 aliphatic carbocycles. The molecule has 0 unspecified atom stereocenters. The standard InChI is InChI=1S/C16H14BrN3O3/c17-13-8-12(9-18-10-13)16(23)20-19-14(6-7-15(21)22)11-4-2-1-3-5-11/h1-5,8-10H,6-7H2,(H,20,23)(H,21,22). The molecule has 0 aliphatic rings. The molecule has 7 heteroatoms. The van der Waals surface area contributed by atoms with E-state index in [1.54, 1.807) is 12.3 Å². The molecule has 0 fully saturated rings. The number of halogens is 1. The van der Waals surface area contributed by atoms with Crippen LogP contribution in [-0.2, 0) is 4.79 Å². The minimum Gasteiger partial charge on any atom is -0.481 e. The largest absolute Gasteiger partial charge is 0.481 e. The second kappa shape index (κ2) is 8.19. The summed E-state index contributed by atoms with van der Waals surface area (Å²) < 4.78 is 0.684. The first-order valence-electron chi connectivity index (χ1n) is 6.81. The van der Waals surface area contributed by atoms with E-state index in [4.69, 9.17) is 5.11 Å². The van der Waals surface area contributed by atoms with E-state index in [9.17, 15) is 9.59 Å². The number of aromatic nitrogens is 1. The second-order valence-corrected chi connectivity index (χ2v) is 5.57. The summed E-state index contributed by atoms with van der Waals surface area (Å²) >= 11 is 3.24. The van der Waals surface area contributed by atoms with Gasteiger partial charge in [-0.05, 0) is 27.6 Å². The number of aliphatic carboxylic acids is 1. The summed E-state index contributed by atoms with van der Waals surface area (Å²) in [6.45, 7) is 0. The van der Waals surface area contributed by atoms with Gasteiger partial charge in [-0.15, -0.1) is 0 Å². The molecule has 0 saturated carbocycles. The van der Waals surface area contributed by atoms with Crippen molar-refractivity contribution in [3.63, 3.8) is 0 Å². The first-order valence-corrected chi connectivity index (χ1v) is 7.60. The Hall–Kier alpha value is -2.54. The van der Waals surface area contributed by atoms with Crippen LogP contribution in [0.4, 0.5) is 0 Å². The zero-order chi connectivity index (χ0) is 16.7. The van der Waals surface area contributed by atoms with Crippen molar-refractivity contribution in [3.05, 3.63) is 64.4 Å². The average molecular weight is 376 g/mol. The molecule has 2 aromatic rings. The van der Waals surface area contributed by atoms with Crippen molar-refractivity contribution >= 4 is 33.5 Å². The number of pyridine rings is 1. The van der Waals surface area contributed by atoms with Crippen molar-refractivity contribution in [1.82, 2.24) is 10.4 Å². The SMILES string of the molecule is O=C(O)CCC(=NNC(=O)c1cncc(Br)c1)c1ccccc1. The molecule has 2 rings (SSSR count). The highest BCUT2D eigenvalue weighted by molar-refractivity contribution is 9.10. The molecule has 1 aromatic carbocycles. The summed E-state index contributed by atoms with van der Waals surface area (Å²) in [5.41, 5.74) is 4.07. The first-order chi connectivity index (χ1) is 11.1. The summed E-state index contributed by atoms with van der Waals surface area (Å²) in [7, 11) is 0. The Balaban J connectivity index is 2.16. The number of carboxylic acids is 1. The molecule has 1 aromatic heterocycles. The number of nitrogens with zero attached hydrogens (tertiary/aromatic N) is 2. The van der Waals surface area contributed by atoms with Crippen molar-refractivity contribution in [2.45, 2.75) is 12.8 Å². The van der Waals surface area contributed by atoms with Gasteiger partial charge in [-0.2, -0.15) is 5.10 Å². The Morgan fingerprint density at radius 1 is 1.13 bits per heavy atom. The van der Waals surface area contributed by atoms with Crippen molar-refractivity contribution in [1.29, 1.82) is 0 Å². The minimum absolute atomic E-state index is 0.0674. The lowest BCUT2D eigenvalue weighted by molar-refractivity contribution is -0.136. The number of hydrogen-bond donors (Lipinski definition) is 2. The van der Waals surface area contributed by atoms with Gasteiger partial charge in [-0.1, -0.05) is 30.3 Å². The maximum Gasteiger partial charge on any atom is 0.303 e. The number of benzene rings is 1. The van der Waals surface area contributed by atoms with Gasteiger partial charge < -0.3 is 5.11 Å². The van der Waals surface area contributed by atoms with Gasteiger partial charge in [0.15, 0.2) is 0 Å². The quantitative estimate of drug-likeness (QED) is 0.599. The van der Waals surface area contributed by atoms with Gasteiger partial charge in [0, 0.05) is 23.3 Å². The summed E-state index contributed by atoms with van der Waals surface area (Å²) in [5.74, 6) is -1.33. The lowest BCUT2D eigenvalue weighted by Crippen LogP contribution is -2.20. The fourth-order valence-electron chi connectivity index (χ4n) is 1.84. The molecule has 1 amide bonds. The van der Waals surface area contributed by atoms with Crippen LogP contribution in [-0.4, -0.2) is 27.7 Å². The normalized spacial score (nSPS) is 11.1. The lowest BCUT2D eigenvalue weighted by Gasteiger charge is -2.06. The maximum absolute atomic E-state index is 12.1. The van der Waals surface area contributed by atoms with Gasteiger partial charge >= 0.3 is 5.97 Å². The molecular formula is C16H14BrN3O3. The van der Waals surface area contributed by atoms with Crippen LogP contribution in [0.2, 0.25) is 0 Å². The number of carbonyl (C=O) groups excluding carboxylic acids is 1. The van der Waals surface area contributed by atoms with E-state index < -0.39 is 11.9 Å². The van der Waals surface area contributed by atoms with Crippen LogP contribution in [0.25, 0.3) is 0 Å². The summed E-state index contributed by atoms with van der Waals surface area (Å²) in [6, 6.07) is 10.7. The van der Waals surface area contributed by atoms with Crippen molar-refractivity contribution in [2.24, 2.45) is 5.10 Å². The van der Waals surface area contributed by atoms with Crippen LogP contribution < -0.4 is 5.43 Å². The average Bonchev–Trinajstić information content (AvgIpc) is 2.55. The number of carbonyl (C=O) groups is 2. The molecule has 118 valence electrons. The Morgan fingerprint density at radius 3 is 2.52 bits per heavy atom. The molecule has 1 heterocycles. The monoisotopic (exact) mass is 375 g/mol. The van der Waals surface area contributed by atoms with E-state index in [0.717, 1.165) is 5.56 Å². The van der Waals surface area contributed by atoms with Gasteiger partial charge in [0.05, 0.1) is 17.7 Å². The molecule has 0 bridgehead atoms. The van der Waals surface area contributed by atoms with E-state index in [1.165, 1.54) is 6.20 Å². The highest BCUT2D eigenvalue weighted by Crippen LogP contribution is 2.10. The lowest BCUT2D eigenvalue weighted by atomic mass is 10.1. The van der Waals surface area contributed by atoms with E-state index >= 15 is 0 Å². The fraction of sp³-hybridized carbons (Fsp3) is 0.125. The number of hydrogen-bond acceptors (Lipinski definition) is 4. The van der Waals surface area contributed by atoms with Crippen LogP contribution >= 0.6 is 15.9 Å². The van der Waals surface area contributed by atoms with Crippen LogP contribution in [0.15, 0.2) is 58.4 Å².